The molecule has 0 aromatic carbocycles. The molecule has 3 heterocycles. The number of likely N-dealkylation sites (tertiary alicyclic amines) is 1. The van der Waals surface area contributed by atoms with Gasteiger partial charge in [0.1, 0.15) is 11.6 Å². The Bertz CT molecular complexity index is 1020. The molecule has 41 heavy (non-hydrogen) atoms. The number of fused-ring (bicyclic) bond motifs is 1. The smallest absolute Gasteiger partial charge is 0.249 e. The molecule has 3 unspecified atom stereocenters. The van der Waals surface area contributed by atoms with E-state index in [1.807, 2.05) is 39.5 Å². The molecule has 3 aliphatic heterocycles. The molecule has 0 radical (unpaired) electrons. The number of alkyl halides is 1. The van der Waals surface area contributed by atoms with Gasteiger partial charge in [0.2, 0.25) is 17.7 Å². The van der Waals surface area contributed by atoms with Gasteiger partial charge in [0, 0.05) is 30.0 Å². The molecule has 3 saturated heterocycles. The summed E-state index contributed by atoms with van der Waals surface area (Å²) >= 11 is 3.77. The lowest BCUT2D eigenvalue weighted by Crippen LogP contribution is -2.63. The maximum Gasteiger partial charge on any atom is 0.249 e. The van der Waals surface area contributed by atoms with Gasteiger partial charge in [0.25, 0.3) is 0 Å². The van der Waals surface area contributed by atoms with Crippen LogP contribution in [0.15, 0.2) is 25.3 Å². The van der Waals surface area contributed by atoms with Gasteiger partial charge in [-0.25, -0.2) is 0 Å². The minimum Gasteiger partial charge on any atom is -0.394 e. The molecule has 1 N–H and O–H groups in total. The van der Waals surface area contributed by atoms with E-state index >= 15 is 0 Å². The Morgan fingerprint density at radius 2 is 1.78 bits per heavy atom. The van der Waals surface area contributed by atoms with Crippen LogP contribution >= 0.6 is 15.9 Å². The summed E-state index contributed by atoms with van der Waals surface area (Å²) in [5.41, 5.74) is -1.80. The maximum absolute atomic E-state index is 14.9. The first-order valence-electron chi connectivity index (χ1n) is 15.1. The second kappa shape index (κ2) is 12.5. The first-order valence-corrected chi connectivity index (χ1v) is 16.0. The van der Waals surface area contributed by atoms with Crippen LogP contribution in [0.1, 0.15) is 74.7 Å². The number of aliphatic hydroxyl groups excluding tert-OH is 1. The van der Waals surface area contributed by atoms with Crippen LogP contribution in [0.25, 0.3) is 0 Å². The molecule has 3 aliphatic rings. The number of carbonyl (C=O) groups is 3. The van der Waals surface area contributed by atoms with Crippen molar-refractivity contribution in [2.75, 3.05) is 26.2 Å². The fraction of sp³-hybridized carbons (Fsp3) is 0.781. The third-order valence-electron chi connectivity index (χ3n) is 8.99. The summed E-state index contributed by atoms with van der Waals surface area (Å²) in [5.74, 6) is -2.30. The van der Waals surface area contributed by atoms with E-state index in [-0.39, 0.29) is 40.5 Å². The predicted octanol–water partition coefficient (Wildman–Crippen LogP) is 4.41. The number of amides is 3. The highest BCUT2D eigenvalue weighted by Crippen LogP contribution is 2.61. The zero-order valence-electron chi connectivity index (χ0n) is 26.4. The van der Waals surface area contributed by atoms with Crippen molar-refractivity contribution >= 4 is 33.7 Å². The van der Waals surface area contributed by atoms with E-state index in [0.717, 1.165) is 12.8 Å². The molecular formula is C32H52BrN3O5. The Hall–Kier alpha value is -1.71. The van der Waals surface area contributed by atoms with E-state index in [9.17, 15) is 19.5 Å². The van der Waals surface area contributed by atoms with E-state index in [0.29, 0.717) is 26.1 Å². The Balaban J connectivity index is 2.19. The Kier molecular flexibility index (Phi) is 10.3. The van der Waals surface area contributed by atoms with Gasteiger partial charge in [-0.05, 0) is 44.4 Å². The van der Waals surface area contributed by atoms with E-state index in [4.69, 9.17) is 4.74 Å². The second-order valence-corrected chi connectivity index (χ2v) is 15.4. The number of hydrogen-bond donors (Lipinski definition) is 1. The Morgan fingerprint density at radius 3 is 2.27 bits per heavy atom. The number of rotatable bonds is 13. The molecule has 232 valence electrons. The summed E-state index contributed by atoms with van der Waals surface area (Å²) < 4.78 is 6.75. The summed E-state index contributed by atoms with van der Waals surface area (Å²) in [6, 6.07) is -1.57. The largest absolute Gasteiger partial charge is 0.394 e. The van der Waals surface area contributed by atoms with Crippen LogP contribution in [0, 0.1) is 23.2 Å². The van der Waals surface area contributed by atoms with Crippen LogP contribution in [-0.2, 0) is 19.1 Å². The van der Waals surface area contributed by atoms with E-state index < -0.39 is 41.2 Å². The van der Waals surface area contributed by atoms with Crippen molar-refractivity contribution in [2.24, 2.45) is 23.2 Å². The predicted molar refractivity (Wildman–Crippen MR) is 165 cm³/mol. The van der Waals surface area contributed by atoms with Crippen LogP contribution in [0.4, 0.5) is 0 Å². The van der Waals surface area contributed by atoms with E-state index in [1.54, 1.807) is 22.0 Å². The number of nitrogens with zero attached hydrogens (tertiary/aromatic N) is 3. The average Bonchev–Trinajstić information content (AvgIpc) is 3.44. The van der Waals surface area contributed by atoms with Gasteiger partial charge >= 0.3 is 0 Å². The lowest BCUT2D eigenvalue weighted by atomic mass is 9.70. The molecule has 0 aromatic rings. The summed E-state index contributed by atoms with van der Waals surface area (Å²) in [4.78, 5) is 48.5. The molecule has 0 aliphatic carbocycles. The fourth-order valence-electron chi connectivity index (χ4n) is 7.84. The number of ether oxygens (including phenoxy) is 1. The first-order chi connectivity index (χ1) is 19.0. The van der Waals surface area contributed by atoms with Crippen LogP contribution in [0.3, 0.4) is 0 Å². The van der Waals surface area contributed by atoms with Gasteiger partial charge in [-0.2, -0.15) is 0 Å². The summed E-state index contributed by atoms with van der Waals surface area (Å²) in [7, 11) is 0. The average molecular weight is 639 g/mol. The molecule has 9 heteroatoms. The van der Waals surface area contributed by atoms with Crippen molar-refractivity contribution in [3.05, 3.63) is 25.3 Å². The van der Waals surface area contributed by atoms with Crippen LogP contribution < -0.4 is 0 Å². The Morgan fingerprint density at radius 1 is 1.17 bits per heavy atom. The van der Waals surface area contributed by atoms with Gasteiger partial charge in [-0.1, -0.05) is 69.6 Å². The van der Waals surface area contributed by atoms with Crippen molar-refractivity contribution in [2.45, 2.75) is 109 Å². The molecule has 8 nitrogen and oxygen atoms in total. The number of hydrogen-bond acceptors (Lipinski definition) is 5. The maximum atomic E-state index is 14.9. The topological polar surface area (TPSA) is 90.4 Å². The normalized spacial score (nSPS) is 30.0. The van der Waals surface area contributed by atoms with Gasteiger partial charge in [0.15, 0.2) is 0 Å². The molecule has 7 atom stereocenters. The zero-order valence-corrected chi connectivity index (χ0v) is 27.9. The molecule has 2 bridgehead atoms. The van der Waals surface area contributed by atoms with Crippen molar-refractivity contribution < 1.29 is 24.2 Å². The van der Waals surface area contributed by atoms with Gasteiger partial charge < -0.3 is 24.5 Å². The molecule has 0 saturated carbocycles. The highest BCUT2D eigenvalue weighted by atomic mass is 79.9. The summed E-state index contributed by atoms with van der Waals surface area (Å²) in [5, 5.41) is 10.5. The number of carbonyl (C=O) groups excluding carboxylic acids is 3. The molecule has 3 rings (SSSR count). The minimum atomic E-state index is -1.18. The van der Waals surface area contributed by atoms with Gasteiger partial charge in [-0.15, -0.1) is 13.2 Å². The number of aliphatic hydroxyl groups is 1. The van der Waals surface area contributed by atoms with E-state index in [2.05, 4.69) is 49.9 Å². The van der Waals surface area contributed by atoms with Crippen LogP contribution in [0.2, 0.25) is 0 Å². The lowest BCUT2D eigenvalue weighted by Gasteiger charge is -2.47. The van der Waals surface area contributed by atoms with Crippen molar-refractivity contribution in [3.8, 4) is 0 Å². The molecular weight excluding hydrogens is 586 g/mol. The third-order valence-corrected chi connectivity index (χ3v) is 9.83. The standard InChI is InChI=1S/C32H52BrN3O5/c1-11-14-34(15-12-2)27(38)23-24-28(39)36(22(18-37)20(4)5)26(32(24)17-21(33)25(23)41-32)29(40)35(16-13-3)31(9,10)19-30(6,7)8/h11,13,20-26,37H,1,3,12,14-19H2,2,4-10H3/t21?,22-,23-,24-,25-,26?,32?/m0/s1. The van der Waals surface area contributed by atoms with Crippen LogP contribution in [0.5, 0.6) is 0 Å². The Labute approximate surface area is 255 Å². The molecule has 3 fully saturated rings. The van der Waals surface area contributed by atoms with Crippen LogP contribution in [-0.4, -0.2) is 97.9 Å². The van der Waals surface area contributed by atoms with Crippen molar-refractivity contribution in [1.82, 2.24) is 14.7 Å². The molecule has 1 spiro atoms. The fourth-order valence-corrected chi connectivity index (χ4v) is 8.78. The second-order valence-electron chi connectivity index (χ2n) is 14.3. The quantitative estimate of drug-likeness (QED) is 0.239. The first kappa shape index (κ1) is 33.8. The summed E-state index contributed by atoms with van der Waals surface area (Å²) in [6.45, 7) is 25.1. The minimum absolute atomic E-state index is 0.0601. The van der Waals surface area contributed by atoms with E-state index in [1.165, 1.54) is 0 Å². The zero-order chi connectivity index (χ0) is 31.1. The monoisotopic (exact) mass is 637 g/mol. The highest BCUT2D eigenvalue weighted by Gasteiger charge is 2.77. The van der Waals surface area contributed by atoms with Crippen molar-refractivity contribution in [1.29, 1.82) is 0 Å². The van der Waals surface area contributed by atoms with Gasteiger partial charge in [0.05, 0.1) is 30.6 Å². The SMILES string of the molecule is C=CCN(CCC)C(=O)[C@H]1[C@H]2C(=O)N([C@@H](CO)C(C)C)C(C(=O)N(CC=C)C(C)(C)CC(C)(C)C)C23CC(Br)[C@@H]1O3. The number of halogens is 1. The lowest BCUT2D eigenvalue weighted by molar-refractivity contribution is -0.156. The van der Waals surface area contributed by atoms with Crippen molar-refractivity contribution in [3.63, 3.8) is 0 Å². The molecule has 3 amide bonds. The van der Waals surface area contributed by atoms with Gasteiger partial charge in [-0.3, -0.25) is 14.4 Å². The highest BCUT2D eigenvalue weighted by molar-refractivity contribution is 9.09. The summed E-state index contributed by atoms with van der Waals surface area (Å²) in [6.07, 6.45) is 4.81. The molecule has 0 aromatic heterocycles. The third kappa shape index (κ3) is 6.05.